The second kappa shape index (κ2) is 26.8. The summed E-state index contributed by atoms with van der Waals surface area (Å²) in [6.07, 6.45) is 2.44. The number of aliphatic hydroxyl groups is 4. The predicted molar refractivity (Wildman–Crippen MR) is 247 cm³/mol. The van der Waals surface area contributed by atoms with Crippen molar-refractivity contribution in [1.29, 1.82) is 0 Å². The minimum Gasteiger partial charge on any atom is -0.748 e. The summed E-state index contributed by atoms with van der Waals surface area (Å²) in [4.78, 5) is 24.4. The number of likely N-dealkylation sites (N-methyl/N-ethyl adjacent to an activating group) is 1. The molecule has 384 valence electrons. The van der Waals surface area contributed by atoms with Crippen LogP contribution in [-0.2, 0) is 40.5 Å². The first-order valence-electron chi connectivity index (χ1n) is 21.0. The first-order chi connectivity index (χ1) is 32.6. The number of nitrogens with one attached hydrogen (secondary N) is 4. The Morgan fingerprint density at radius 2 is 0.986 bits per heavy atom. The van der Waals surface area contributed by atoms with Gasteiger partial charge in [-0.05, 0) is 49.2 Å². The Balaban J connectivity index is 0.00000469. The maximum Gasteiger partial charge on any atom is 1.00 e. The van der Waals surface area contributed by atoms with Crippen LogP contribution in [0.5, 0.6) is 0 Å². The van der Waals surface area contributed by atoms with Gasteiger partial charge in [0.1, 0.15) is 46.5 Å². The number of anilines is 6. The van der Waals surface area contributed by atoms with E-state index in [2.05, 4.69) is 51.2 Å². The molecular formula is C38H50N12Na4O16S4+2. The first-order valence-corrected chi connectivity index (χ1v) is 27.0. The topological polar surface area (TPSA) is 435 Å². The maximum absolute atomic E-state index is 12.7. The minimum atomic E-state index is -5.30. The second-order valence-electron chi connectivity index (χ2n) is 17.1. The van der Waals surface area contributed by atoms with Crippen molar-refractivity contribution in [2.75, 3.05) is 92.4 Å². The quantitative estimate of drug-likeness (QED) is 0.0100. The Bertz CT molecular complexity index is 3140. The van der Waals surface area contributed by atoms with Crippen molar-refractivity contribution in [2.45, 2.75) is 53.6 Å². The Hall–Kier alpha value is -1.20. The molecule has 0 aliphatic carbocycles. The van der Waals surface area contributed by atoms with Crippen LogP contribution >= 0.6 is 0 Å². The van der Waals surface area contributed by atoms with Gasteiger partial charge in [-0.3, -0.25) is 0 Å². The van der Waals surface area contributed by atoms with E-state index < -0.39 is 85.9 Å². The van der Waals surface area contributed by atoms with Gasteiger partial charge in [0.05, 0.1) is 54.6 Å². The third-order valence-electron chi connectivity index (χ3n) is 12.3. The van der Waals surface area contributed by atoms with Gasteiger partial charge < -0.3 is 59.9 Å². The van der Waals surface area contributed by atoms with Crippen molar-refractivity contribution >= 4 is 99.7 Å². The summed E-state index contributed by atoms with van der Waals surface area (Å²) in [5, 5.41) is 50.8. The molecule has 0 saturated carbocycles. The molecule has 0 bridgehead atoms. The van der Waals surface area contributed by atoms with E-state index in [-0.39, 0.29) is 244 Å². The number of quaternary nitrogens is 2. The van der Waals surface area contributed by atoms with Gasteiger partial charge in [-0.2, -0.15) is 9.97 Å². The number of rotatable bonds is 25. The van der Waals surface area contributed by atoms with Crippen molar-refractivity contribution in [3.63, 3.8) is 0 Å². The second-order valence-corrected chi connectivity index (χ2v) is 22.9. The van der Waals surface area contributed by atoms with E-state index in [1.165, 1.54) is 24.3 Å². The maximum atomic E-state index is 12.7. The van der Waals surface area contributed by atoms with Crippen LogP contribution < -0.4 is 148 Å². The number of aliphatic hydroxyl groups excluding tert-OH is 4. The van der Waals surface area contributed by atoms with Crippen LogP contribution in [0.15, 0.2) is 46.2 Å². The molecule has 2 saturated heterocycles. The van der Waals surface area contributed by atoms with Crippen LogP contribution in [0.2, 0.25) is 0 Å². The normalized spacial score (nSPS) is 21.4. The van der Waals surface area contributed by atoms with Gasteiger partial charge >= 0.3 is 130 Å². The molecule has 4 aromatic rings. The Labute approximate surface area is 516 Å². The minimum absolute atomic E-state index is 0. The average molecular weight is 1150 g/mol. The Morgan fingerprint density at radius 3 is 1.36 bits per heavy atom. The molecule has 0 spiro atoms. The summed E-state index contributed by atoms with van der Waals surface area (Å²) in [6, 6.07) is 6.52. The fraction of sp³-hybridized carbons (Fsp3) is 0.474. The number of nitrogens with zero attached hydrogens (tertiary/aromatic N) is 8. The van der Waals surface area contributed by atoms with Crippen molar-refractivity contribution < 1.29 is 191 Å². The van der Waals surface area contributed by atoms with Gasteiger partial charge in [-0.15, -0.1) is 19.9 Å². The molecule has 28 nitrogen and oxygen atoms in total. The van der Waals surface area contributed by atoms with E-state index in [0.29, 0.717) is 0 Å². The van der Waals surface area contributed by atoms with Crippen molar-refractivity contribution in [3.8, 4) is 0 Å². The largest absolute Gasteiger partial charge is 1.00 e. The van der Waals surface area contributed by atoms with Crippen LogP contribution in [0.1, 0.15) is 37.8 Å². The zero-order valence-electron chi connectivity index (χ0n) is 41.6. The van der Waals surface area contributed by atoms with E-state index in [1.54, 1.807) is 7.05 Å². The number of aromatic nitrogens is 6. The summed E-state index contributed by atoms with van der Waals surface area (Å²) in [6.45, 7) is 2.07. The standard InChI is InChI=1S/C38H52N12O16S4.4Na/c1-24(2)50(21-38(50,23-54)11-15-52)36-46-32(40-13-17-68(58,59)60)44-34(48-36)42-28-9-7-26(30(19-28)70(64,65)66)5-4-25-6-8-27(18-29(25)69(61,62)63)41-33-43-31(39-12-16-67(55,56)57)45-35(47-33)49(3)20-37(49,22-53)10-14-51;;;;/h4-9,18-19,24,51-54H,10-17,20-23H2,1-3H3,(H6-2,39,40,41,42,43,44,45,46,47,48,55,56,57,58,59,60,61,62,63,64,65,66);;;;/q;4*+1/p-2. The molecule has 4 heterocycles. The van der Waals surface area contributed by atoms with Crippen molar-refractivity contribution in [2.24, 2.45) is 0 Å². The van der Waals surface area contributed by atoms with Gasteiger partial charge in [0.2, 0.25) is 23.8 Å². The monoisotopic (exact) mass is 1150 g/mol. The summed E-state index contributed by atoms with van der Waals surface area (Å²) >= 11 is 0. The predicted octanol–water partition coefficient (Wildman–Crippen LogP) is -13.6. The van der Waals surface area contributed by atoms with Crippen LogP contribution in [0.4, 0.5) is 47.1 Å². The molecule has 2 aromatic heterocycles. The fourth-order valence-electron chi connectivity index (χ4n) is 8.41. The van der Waals surface area contributed by atoms with Crippen LogP contribution in [0.25, 0.3) is 12.2 Å². The molecule has 6 rings (SSSR count). The van der Waals surface area contributed by atoms with E-state index in [1.807, 2.05) is 13.8 Å². The summed E-state index contributed by atoms with van der Waals surface area (Å²) in [7, 11) is -18.2. The third-order valence-corrected chi connectivity index (χ3v) is 15.5. The average Bonchev–Trinajstić information content (AvgIpc) is 4.12. The zero-order chi connectivity index (χ0) is 51.7. The Morgan fingerprint density at radius 1 is 0.595 bits per heavy atom. The first kappa shape index (κ1) is 68.9. The van der Waals surface area contributed by atoms with Gasteiger partial charge in [0, 0.05) is 50.5 Å². The number of benzene rings is 2. The van der Waals surface area contributed by atoms with Gasteiger partial charge in [0.15, 0.2) is 11.1 Å². The molecule has 8 N–H and O–H groups in total. The van der Waals surface area contributed by atoms with Crippen molar-refractivity contribution in [1.82, 2.24) is 38.9 Å². The molecule has 74 heavy (non-hydrogen) atoms. The molecule has 0 radical (unpaired) electrons. The molecule has 2 aromatic carbocycles. The van der Waals surface area contributed by atoms with Gasteiger partial charge in [0.25, 0.3) is 0 Å². The summed E-state index contributed by atoms with van der Waals surface area (Å²) in [5.74, 6) is -2.50. The molecule has 2 fully saturated rings. The van der Waals surface area contributed by atoms with Gasteiger partial charge in [-0.1, -0.05) is 24.3 Å². The summed E-state index contributed by atoms with van der Waals surface area (Å²) in [5.41, 5.74) is -2.44. The molecular weight excluding hydrogens is 1100 g/mol. The number of hydrogen-bond donors (Lipinski definition) is 8. The Kier molecular flexibility index (Phi) is 25.0. The van der Waals surface area contributed by atoms with Gasteiger partial charge in [-0.25, -0.2) is 42.6 Å². The van der Waals surface area contributed by atoms with E-state index in [4.69, 9.17) is 0 Å². The molecule has 0 amide bonds. The molecule has 4 unspecified atom stereocenters. The zero-order valence-corrected chi connectivity index (χ0v) is 52.8. The molecule has 36 heteroatoms. The summed E-state index contributed by atoms with van der Waals surface area (Å²) < 4.78 is 143. The van der Waals surface area contributed by atoms with Crippen LogP contribution in [0.3, 0.4) is 0 Å². The molecule has 2 aliphatic rings. The molecule has 4 atom stereocenters. The van der Waals surface area contributed by atoms with E-state index in [0.717, 1.165) is 24.3 Å². The number of hydrogen-bond acceptors (Lipinski definition) is 26. The van der Waals surface area contributed by atoms with E-state index in [9.17, 15) is 72.3 Å². The SMILES string of the molecule is CC(C)[N+]1(c2nc(NCCS(=O)(=O)[O-])nc(Nc3ccc(C=Cc4ccc(Nc5nc(NCCS(=O)(=O)[O-])nc([N+]6(C)CC6(CO)CCO)n5)cc4S(=O)(=O)[O-])c(S(=O)(=O)[O-])c3)n2)CC1(CO)CCO.[Na+].[Na+].[Na+].[Na+]. The third kappa shape index (κ3) is 16.2. The molecule has 2 aliphatic heterocycles. The van der Waals surface area contributed by atoms with Crippen molar-refractivity contribution in [3.05, 3.63) is 47.5 Å². The smallest absolute Gasteiger partial charge is 0.748 e. The van der Waals surface area contributed by atoms with E-state index >= 15 is 0 Å². The van der Waals surface area contributed by atoms with Crippen LogP contribution in [0, 0.1) is 0 Å². The van der Waals surface area contributed by atoms with Crippen LogP contribution in [-0.4, -0.2) is 190 Å². The fourth-order valence-corrected chi connectivity index (χ4v) is 10.5.